The van der Waals surface area contributed by atoms with E-state index in [0.717, 1.165) is 12.1 Å². The summed E-state index contributed by atoms with van der Waals surface area (Å²) in [5, 5.41) is 4.38. The molecule has 0 atom stereocenters. The number of halogens is 1. The number of anilines is 1. The first kappa shape index (κ1) is 9.92. The number of nitrogens with one attached hydrogen (secondary N) is 1. The molecule has 1 aromatic rings. The van der Waals surface area contributed by atoms with Crippen molar-refractivity contribution in [1.82, 2.24) is 9.97 Å². The summed E-state index contributed by atoms with van der Waals surface area (Å²) in [5.74, 6) is 0.483. The molecule has 1 heterocycles. The average molecular weight is 199 g/mol. The molecule has 0 spiro atoms. The summed E-state index contributed by atoms with van der Waals surface area (Å²) in [6, 6.07) is 0. The first-order chi connectivity index (χ1) is 6.24. The first-order valence-electron chi connectivity index (χ1n) is 3.99. The van der Waals surface area contributed by atoms with Crippen LogP contribution in [0.2, 0.25) is 5.15 Å². The lowest BCUT2D eigenvalue weighted by Gasteiger charge is -2.01. The van der Waals surface area contributed by atoms with Gasteiger partial charge >= 0.3 is 0 Å². The van der Waals surface area contributed by atoms with Gasteiger partial charge in [-0.05, 0) is 13.3 Å². The van der Waals surface area contributed by atoms with E-state index in [9.17, 15) is 0 Å². The maximum atomic E-state index is 5.75. The Morgan fingerprint density at radius 2 is 2.23 bits per heavy atom. The zero-order chi connectivity index (χ0) is 9.68. The van der Waals surface area contributed by atoms with Gasteiger partial charge in [-0.25, -0.2) is 9.97 Å². The van der Waals surface area contributed by atoms with E-state index in [2.05, 4.69) is 20.5 Å². The lowest BCUT2D eigenvalue weighted by Crippen LogP contribution is -1.98. The molecule has 4 nitrogen and oxygen atoms in total. The van der Waals surface area contributed by atoms with E-state index in [1.807, 2.05) is 13.8 Å². The van der Waals surface area contributed by atoms with E-state index in [0.29, 0.717) is 11.0 Å². The van der Waals surface area contributed by atoms with Crippen LogP contribution in [0, 0.1) is 0 Å². The molecule has 1 rings (SSSR count). The maximum absolute atomic E-state index is 5.75. The molecule has 1 N–H and O–H groups in total. The zero-order valence-electron chi connectivity index (χ0n) is 7.58. The van der Waals surface area contributed by atoms with Crippen molar-refractivity contribution in [1.29, 1.82) is 0 Å². The molecule has 0 aliphatic carbocycles. The molecule has 0 aliphatic heterocycles. The predicted molar refractivity (Wildman–Crippen MR) is 54.1 cm³/mol. The second-order valence-electron chi connectivity index (χ2n) is 2.51. The molecule has 0 unspecified atom stereocenters. The maximum Gasteiger partial charge on any atom is 0.184 e. The highest BCUT2D eigenvalue weighted by Crippen LogP contribution is 2.13. The van der Waals surface area contributed by atoms with Crippen molar-refractivity contribution in [3.63, 3.8) is 0 Å². The van der Waals surface area contributed by atoms with Crippen LogP contribution in [0.1, 0.15) is 20.3 Å². The number of hydrogen-bond acceptors (Lipinski definition) is 4. The summed E-state index contributed by atoms with van der Waals surface area (Å²) >= 11 is 5.75. The molecule has 0 amide bonds. The van der Waals surface area contributed by atoms with Gasteiger partial charge in [-0.2, -0.15) is 5.10 Å². The van der Waals surface area contributed by atoms with Crippen LogP contribution in [0.5, 0.6) is 0 Å². The topological polar surface area (TPSA) is 50.2 Å². The van der Waals surface area contributed by atoms with E-state index >= 15 is 0 Å². The molecule has 0 aliphatic rings. The molecular weight excluding hydrogens is 188 g/mol. The van der Waals surface area contributed by atoms with Crippen LogP contribution in [0.4, 0.5) is 5.82 Å². The Bertz CT molecular complexity index is 311. The summed E-state index contributed by atoms with van der Waals surface area (Å²) in [6.45, 7) is 3.95. The van der Waals surface area contributed by atoms with Crippen molar-refractivity contribution >= 4 is 23.1 Å². The lowest BCUT2D eigenvalue weighted by molar-refractivity contribution is 1.14. The van der Waals surface area contributed by atoms with Gasteiger partial charge in [-0.3, -0.25) is 5.43 Å². The Hall–Kier alpha value is -1.16. The minimum absolute atomic E-state index is 0.329. The molecule has 5 heteroatoms. The average Bonchev–Trinajstić information content (AvgIpc) is 2.16. The third-order valence-corrected chi connectivity index (χ3v) is 1.79. The Balaban J connectivity index is 2.70. The van der Waals surface area contributed by atoms with Crippen LogP contribution < -0.4 is 5.43 Å². The SMILES string of the molecule is CC/C(C)=N/Nc1nccnc1Cl. The highest BCUT2D eigenvalue weighted by molar-refractivity contribution is 6.31. The predicted octanol–water partition coefficient (Wildman–Crippen LogP) is 2.33. The van der Waals surface area contributed by atoms with Crippen molar-refractivity contribution in [2.75, 3.05) is 5.43 Å². The van der Waals surface area contributed by atoms with E-state index in [1.165, 1.54) is 6.20 Å². The molecule has 0 fully saturated rings. The van der Waals surface area contributed by atoms with Crippen molar-refractivity contribution in [3.8, 4) is 0 Å². The summed E-state index contributed by atoms with van der Waals surface area (Å²) < 4.78 is 0. The standard InChI is InChI=1S/C8H11ClN4/c1-3-6(2)12-13-8-7(9)10-4-5-11-8/h4-5H,3H2,1-2H3,(H,11,13)/b12-6+. The fraction of sp³-hybridized carbons (Fsp3) is 0.375. The van der Waals surface area contributed by atoms with Gasteiger partial charge < -0.3 is 0 Å². The number of hydrogen-bond donors (Lipinski definition) is 1. The van der Waals surface area contributed by atoms with Gasteiger partial charge in [-0.1, -0.05) is 18.5 Å². The van der Waals surface area contributed by atoms with Gasteiger partial charge in [0, 0.05) is 18.1 Å². The molecule has 0 saturated heterocycles. The van der Waals surface area contributed by atoms with Crippen molar-refractivity contribution < 1.29 is 0 Å². The van der Waals surface area contributed by atoms with Gasteiger partial charge in [0.15, 0.2) is 11.0 Å². The number of rotatable bonds is 3. The molecule has 1 aromatic heterocycles. The monoisotopic (exact) mass is 198 g/mol. The summed E-state index contributed by atoms with van der Waals surface area (Å²) in [7, 11) is 0. The molecular formula is C8H11ClN4. The molecule has 0 saturated carbocycles. The normalized spacial score (nSPS) is 11.5. The van der Waals surface area contributed by atoms with Crippen LogP contribution in [0.15, 0.2) is 17.5 Å². The largest absolute Gasteiger partial charge is 0.259 e. The number of aromatic nitrogens is 2. The molecule has 70 valence electrons. The van der Waals surface area contributed by atoms with Crippen molar-refractivity contribution in [2.45, 2.75) is 20.3 Å². The van der Waals surface area contributed by atoms with E-state index < -0.39 is 0 Å². The number of hydrazone groups is 1. The van der Waals surface area contributed by atoms with Gasteiger partial charge in [0.2, 0.25) is 0 Å². The minimum Gasteiger partial charge on any atom is -0.259 e. The highest BCUT2D eigenvalue weighted by Gasteiger charge is 1.98. The van der Waals surface area contributed by atoms with Gasteiger partial charge in [0.25, 0.3) is 0 Å². The lowest BCUT2D eigenvalue weighted by atomic mass is 10.3. The van der Waals surface area contributed by atoms with Crippen LogP contribution >= 0.6 is 11.6 Å². The molecule has 0 radical (unpaired) electrons. The van der Waals surface area contributed by atoms with E-state index in [-0.39, 0.29) is 0 Å². The Morgan fingerprint density at radius 3 is 2.85 bits per heavy atom. The summed E-state index contributed by atoms with van der Waals surface area (Å²) in [4.78, 5) is 7.83. The zero-order valence-corrected chi connectivity index (χ0v) is 8.34. The fourth-order valence-electron chi connectivity index (χ4n) is 0.623. The van der Waals surface area contributed by atoms with Crippen molar-refractivity contribution in [3.05, 3.63) is 17.5 Å². The fourth-order valence-corrected chi connectivity index (χ4v) is 0.771. The second kappa shape index (κ2) is 4.77. The molecule has 13 heavy (non-hydrogen) atoms. The molecule has 0 bridgehead atoms. The molecule has 0 aromatic carbocycles. The minimum atomic E-state index is 0.329. The van der Waals surface area contributed by atoms with Crippen LogP contribution in [0.3, 0.4) is 0 Å². The Labute approximate surface area is 82.0 Å². The van der Waals surface area contributed by atoms with Crippen LogP contribution in [-0.2, 0) is 0 Å². The Morgan fingerprint density at radius 1 is 1.54 bits per heavy atom. The van der Waals surface area contributed by atoms with E-state index in [4.69, 9.17) is 11.6 Å². The van der Waals surface area contributed by atoms with Gasteiger partial charge in [0.1, 0.15) is 0 Å². The summed E-state index contributed by atoms with van der Waals surface area (Å²) in [5.41, 5.74) is 3.73. The van der Waals surface area contributed by atoms with Crippen LogP contribution in [0.25, 0.3) is 0 Å². The first-order valence-corrected chi connectivity index (χ1v) is 4.37. The van der Waals surface area contributed by atoms with Gasteiger partial charge in [0.05, 0.1) is 0 Å². The van der Waals surface area contributed by atoms with Crippen LogP contribution in [-0.4, -0.2) is 15.7 Å². The van der Waals surface area contributed by atoms with Crippen molar-refractivity contribution in [2.24, 2.45) is 5.10 Å². The summed E-state index contributed by atoms with van der Waals surface area (Å²) in [6.07, 6.45) is 3.99. The highest BCUT2D eigenvalue weighted by atomic mass is 35.5. The second-order valence-corrected chi connectivity index (χ2v) is 2.87. The quantitative estimate of drug-likeness (QED) is 0.599. The Kier molecular flexibility index (Phi) is 3.64. The van der Waals surface area contributed by atoms with E-state index in [1.54, 1.807) is 6.20 Å². The third kappa shape index (κ3) is 2.99. The third-order valence-electron chi connectivity index (χ3n) is 1.52. The number of nitrogens with zero attached hydrogens (tertiary/aromatic N) is 3. The van der Waals surface area contributed by atoms with Gasteiger partial charge in [-0.15, -0.1) is 0 Å². The smallest absolute Gasteiger partial charge is 0.184 e.